The Morgan fingerprint density at radius 2 is 0.778 bits per heavy atom. The molecule has 0 unspecified atom stereocenters. The monoisotopic (exact) mass is 1010 g/mol. The SMILES string of the molecule is C.C.C.C.C.C.CC.CC.CC.CC.CC.CC.CN(C)c1cccnn1.CN(C)c1ccncn1.CN(C)c1ccnnc1.CN(C)c1cnccn1.CN(C)c1cncnc1.CN(C)c1ncccn1. The lowest BCUT2D eigenvalue weighted by atomic mass is 10.4. The third kappa shape index (κ3) is 57.6. The Labute approximate surface area is 446 Å². The fourth-order valence-electron chi connectivity index (χ4n) is 3.19. The smallest absolute Gasteiger partial charge is 0.224 e. The minimum absolute atomic E-state index is 0. The number of anilines is 6. The van der Waals surface area contributed by atoms with Gasteiger partial charge in [-0.05, 0) is 30.3 Å². The van der Waals surface area contributed by atoms with Crippen molar-refractivity contribution in [3.63, 3.8) is 0 Å². The molecular weight excluding hydrogens is 901 g/mol. The molecule has 0 aliphatic carbocycles. The maximum absolute atomic E-state index is 4.04. The molecule has 18 heteroatoms. The lowest BCUT2D eigenvalue weighted by Gasteiger charge is -2.09. The molecule has 6 aromatic rings. The third-order valence-electron chi connectivity index (χ3n) is 6.15. The maximum atomic E-state index is 4.04. The van der Waals surface area contributed by atoms with Gasteiger partial charge in [-0.25, -0.2) is 34.9 Å². The van der Waals surface area contributed by atoms with Crippen molar-refractivity contribution >= 4 is 34.8 Å². The van der Waals surface area contributed by atoms with Gasteiger partial charge in [0.1, 0.15) is 24.3 Å². The molecule has 0 radical (unpaired) electrons. The summed E-state index contributed by atoms with van der Waals surface area (Å²) in [6, 6.07) is 9.34. The molecule has 6 heterocycles. The average Bonchev–Trinajstić information content (AvgIpc) is 3.40. The highest BCUT2D eigenvalue weighted by atomic mass is 15.2. The molecule has 420 valence electrons. The van der Waals surface area contributed by atoms with Crippen molar-refractivity contribution in [3.05, 3.63) is 111 Å². The highest BCUT2D eigenvalue weighted by Crippen LogP contribution is 2.05. The van der Waals surface area contributed by atoms with E-state index in [1.54, 1.807) is 74.2 Å². The molecule has 0 saturated carbocycles. The van der Waals surface area contributed by atoms with Gasteiger partial charge in [0.05, 0.1) is 42.4 Å². The van der Waals surface area contributed by atoms with Crippen LogP contribution >= 0.6 is 0 Å². The van der Waals surface area contributed by atoms with Gasteiger partial charge >= 0.3 is 0 Å². The van der Waals surface area contributed by atoms with Gasteiger partial charge in [0, 0.05) is 122 Å². The van der Waals surface area contributed by atoms with Gasteiger partial charge in [-0.1, -0.05) is 128 Å². The zero-order chi connectivity index (χ0) is 52.1. The molecule has 18 nitrogen and oxygen atoms in total. The van der Waals surface area contributed by atoms with E-state index in [0.717, 1.165) is 34.8 Å². The quantitative estimate of drug-likeness (QED) is 0.154. The predicted molar refractivity (Wildman–Crippen MR) is 327 cm³/mol. The molecule has 72 heavy (non-hydrogen) atoms. The largest absolute Gasteiger partial charge is 0.376 e. The Hall–Kier alpha value is -6.72. The van der Waals surface area contributed by atoms with Gasteiger partial charge in [-0.15, -0.1) is 5.10 Å². The van der Waals surface area contributed by atoms with E-state index in [1.807, 2.05) is 221 Å². The van der Waals surface area contributed by atoms with Crippen molar-refractivity contribution in [2.75, 3.05) is 114 Å². The van der Waals surface area contributed by atoms with Crippen molar-refractivity contribution in [3.8, 4) is 0 Å². The Balaban J connectivity index is -0.0000000566. The fraction of sp³-hybridized carbons (Fsp3) is 0.556. The lowest BCUT2D eigenvalue weighted by molar-refractivity contribution is 0.964. The van der Waals surface area contributed by atoms with Crippen LogP contribution < -0.4 is 29.4 Å². The van der Waals surface area contributed by atoms with Crippen LogP contribution in [0.1, 0.15) is 128 Å². The number of rotatable bonds is 6. The summed E-state index contributed by atoms with van der Waals surface area (Å²) in [4.78, 5) is 43.0. The van der Waals surface area contributed by atoms with Gasteiger partial charge in [0.15, 0.2) is 5.82 Å². The van der Waals surface area contributed by atoms with Crippen molar-refractivity contribution < 1.29 is 0 Å². The molecule has 0 aliphatic heterocycles. The highest BCUT2D eigenvalue weighted by molar-refractivity contribution is 5.40. The van der Waals surface area contributed by atoms with Crippen LogP contribution in [0.3, 0.4) is 0 Å². The summed E-state index contributed by atoms with van der Waals surface area (Å²) in [5, 5.41) is 14.9. The molecule has 0 atom stereocenters. The Morgan fingerprint density at radius 1 is 0.292 bits per heavy atom. The van der Waals surface area contributed by atoms with E-state index in [0.29, 0.717) is 0 Å². The summed E-state index contributed by atoms with van der Waals surface area (Å²) in [5.41, 5.74) is 2.10. The van der Waals surface area contributed by atoms with E-state index >= 15 is 0 Å². The topological polar surface area (TPSA) is 174 Å². The molecule has 0 amide bonds. The number of aromatic nitrogens is 12. The lowest BCUT2D eigenvalue weighted by Crippen LogP contribution is -2.11. The second-order valence-electron chi connectivity index (χ2n) is 11.8. The van der Waals surface area contributed by atoms with E-state index in [4.69, 9.17) is 0 Å². The fourth-order valence-corrected chi connectivity index (χ4v) is 3.19. The molecule has 6 aromatic heterocycles. The van der Waals surface area contributed by atoms with Crippen molar-refractivity contribution in [2.45, 2.75) is 128 Å². The van der Waals surface area contributed by atoms with Crippen LogP contribution in [0.4, 0.5) is 34.8 Å². The summed E-state index contributed by atoms with van der Waals surface area (Å²) in [6.07, 6.45) is 21.9. The molecule has 0 bridgehead atoms. The summed E-state index contributed by atoms with van der Waals surface area (Å²) in [6.45, 7) is 24.0. The minimum atomic E-state index is 0. The van der Waals surface area contributed by atoms with Crippen LogP contribution in [0.25, 0.3) is 0 Å². The summed E-state index contributed by atoms with van der Waals surface area (Å²) in [7, 11) is 23.3. The molecule has 0 fully saturated rings. The minimum Gasteiger partial charge on any atom is -0.376 e. The van der Waals surface area contributed by atoms with Crippen LogP contribution in [0.2, 0.25) is 0 Å². The molecule has 0 spiro atoms. The molecule has 0 aromatic carbocycles. The standard InChI is InChI=1S/6C6H9N3.6C2H6.6CH4/c1-9(2)6-3-7-5-8-4-6;1-9(2)6-5-7-3-4-8-6;1-9(2)6-3-4-7-5-8-6;1-9(2)6-3-4-7-8-5-6;1-9(2)6-7-4-3-5-8-6;1-9(2)6-4-3-5-7-8-6;6*1-2;;;;;;/h6*3-5H,1-2H3;6*1-2H3;6*1H4. The number of hydrogen-bond acceptors (Lipinski definition) is 18. The Kier molecular flexibility index (Phi) is 96.7. The first kappa shape index (κ1) is 95.0. The van der Waals surface area contributed by atoms with Gasteiger partial charge in [-0.2, -0.15) is 15.3 Å². The molecule has 0 N–H and O–H groups in total. The average molecular weight is 1020 g/mol. The number of nitrogens with zero attached hydrogens (tertiary/aromatic N) is 18. The summed E-state index contributed by atoms with van der Waals surface area (Å²) in [5.74, 6) is 3.46. The van der Waals surface area contributed by atoms with E-state index in [1.165, 1.54) is 12.7 Å². The zero-order valence-electron chi connectivity index (χ0n) is 45.4. The van der Waals surface area contributed by atoms with E-state index in [9.17, 15) is 0 Å². The predicted octanol–water partition coefficient (Wildman–Crippen LogP) is 13.2. The molecule has 6 rings (SSSR count). The molecule has 0 saturated heterocycles. The van der Waals surface area contributed by atoms with Crippen LogP contribution in [0.15, 0.2) is 111 Å². The van der Waals surface area contributed by atoms with E-state index in [2.05, 4.69) is 60.3 Å². The van der Waals surface area contributed by atoms with Crippen molar-refractivity contribution in [1.82, 2.24) is 60.3 Å². The first-order chi connectivity index (χ1) is 31.8. The van der Waals surface area contributed by atoms with Crippen LogP contribution in [0.5, 0.6) is 0 Å². The van der Waals surface area contributed by atoms with Crippen molar-refractivity contribution in [1.29, 1.82) is 0 Å². The normalized spacial score (nSPS) is 7.33. The summed E-state index contributed by atoms with van der Waals surface area (Å²) < 4.78 is 0. The van der Waals surface area contributed by atoms with Crippen LogP contribution in [-0.2, 0) is 0 Å². The second kappa shape index (κ2) is 73.2. The van der Waals surface area contributed by atoms with Crippen molar-refractivity contribution in [2.24, 2.45) is 0 Å². The highest BCUT2D eigenvalue weighted by Gasteiger charge is 1.94. The third-order valence-corrected chi connectivity index (χ3v) is 6.15. The zero-order valence-corrected chi connectivity index (χ0v) is 45.4. The maximum Gasteiger partial charge on any atom is 0.224 e. The molecular formula is C54H114N18. The van der Waals surface area contributed by atoms with E-state index < -0.39 is 0 Å². The van der Waals surface area contributed by atoms with Crippen LogP contribution in [0, 0.1) is 0 Å². The molecule has 0 aliphatic rings. The van der Waals surface area contributed by atoms with Crippen LogP contribution in [-0.4, -0.2) is 145 Å². The second-order valence-corrected chi connectivity index (χ2v) is 11.8. The number of hydrogen-bond donors (Lipinski definition) is 0. The van der Waals surface area contributed by atoms with E-state index in [-0.39, 0.29) is 44.6 Å². The van der Waals surface area contributed by atoms with Gasteiger partial charge in [0.25, 0.3) is 0 Å². The van der Waals surface area contributed by atoms with Gasteiger partial charge in [-0.3, -0.25) is 4.98 Å². The Bertz CT molecular complexity index is 1370. The first-order valence-electron chi connectivity index (χ1n) is 22.5. The summed E-state index contributed by atoms with van der Waals surface area (Å²) >= 11 is 0. The van der Waals surface area contributed by atoms with Gasteiger partial charge in [0.2, 0.25) is 5.95 Å². The van der Waals surface area contributed by atoms with Gasteiger partial charge < -0.3 is 29.4 Å². The Morgan fingerprint density at radius 3 is 1.03 bits per heavy atom. The first-order valence-corrected chi connectivity index (χ1v) is 22.5.